The average molecular weight is 307 g/mol. The van der Waals surface area contributed by atoms with Gasteiger partial charge >= 0.3 is 5.97 Å². The molecule has 110 valence electrons. The topological polar surface area (TPSA) is 37.3 Å². The van der Waals surface area contributed by atoms with E-state index in [0.717, 1.165) is 11.1 Å². The second kappa shape index (κ2) is 6.27. The summed E-state index contributed by atoms with van der Waals surface area (Å²) in [6.45, 7) is 3.81. The van der Waals surface area contributed by atoms with Gasteiger partial charge in [-0.25, -0.2) is 4.39 Å². The van der Waals surface area contributed by atoms with E-state index in [2.05, 4.69) is 0 Å². The first-order chi connectivity index (χ1) is 9.90. The van der Waals surface area contributed by atoms with E-state index < -0.39 is 17.7 Å². The maximum absolute atomic E-state index is 13.9. The van der Waals surface area contributed by atoms with Crippen LogP contribution in [0.4, 0.5) is 4.39 Å². The first-order valence-corrected chi connectivity index (χ1v) is 7.00. The monoisotopic (exact) mass is 306 g/mol. The van der Waals surface area contributed by atoms with Crippen LogP contribution in [0.25, 0.3) is 0 Å². The van der Waals surface area contributed by atoms with Crippen molar-refractivity contribution in [1.29, 1.82) is 0 Å². The number of aliphatic carboxylic acids is 1. The molecule has 0 radical (unpaired) electrons. The van der Waals surface area contributed by atoms with Gasteiger partial charge in [0.15, 0.2) is 0 Å². The van der Waals surface area contributed by atoms with Crippen molar-refractivity contribution in [2.75, 3.05) is 0 Å². The summed E-state index contributed by atoms with van der Waals surface area (Å²) >= 11 is 6.00. The quantitative estimate of drug-likeness (QED) is 0.902. The summed E-state index contributed by atoms with van der Waals surface area (Å²) in [7, 11) is 0. The molecule has 4 heteroatoms. The molecule has 0 aliphatic heterocycles. The van der Waals surface area contributed by atoms with E-state index in [1.807, 2.05) is 26.0 Å². The number of carboxylic acids is 1. The van der Waals surface area contributed by atoms with Crippen LogP contribution >= 0.6 is 11.6 Å². The molecule has 1 unspecified atom stereocenters. The molecule has 21 heavy (non-hydrogen) atoms. The van der Waals surface area contributed by atoms with E-state index in [1.54, 1.807) is 12.1 Å². The Hall–Kier alpha value is -1.87. The molecule has 1 atom stereocenters. The Kier molecular flexibility index (Phi) is 4.63. The minimum absolute atomic E-state index is 0.0325. The largest absolute Gasteiger partial charge is 0.481 e. The number of carboxylic acid groups (broad SMARTS) is 1. The Bertz CT molecular complexity index is 662. The molecule has 0 fully saturated rings. The molecule has 0 saturated heterocycles. The van der Waals surface area contributed by atoms with Gasteiger partial charge in [0, 0.05) is 10.6 Å². The molecule has 0 saturated carbocycles. The highest BCUT2D eigenvalue weighted by Gasteiger charge is 2.24. The highest BCUT2D eigenvalue weighted by atomic mass is 35.5. The number of benzene rings is 2. The normalized spacial score (nSPS) is 12.2. The lowest BCUT2D eigenvalue weighted by molar-refractivity contribution is -0.138. The molecule has 0 amide bonds. The summed E-state index contributed by atoms with van der Waals surface area (Å²) in [6, 6.07) is 9.95. The molecule has 2 aromatic carbocycles. The standard InChI is InChI=1S/C17H16ClFO2/c1-10-6-7-12(11(2)8-10)13(17(20)21)9-14-15(18)4-3-5-16(14)19/h3-8,13H,9H2,1-2H3,(H,20,21). The molecular weight excluding hydrogens is 291 g/mol. The van der Waals surface area contributed by atoms with Gasteiger partial charge in [-0.05, 0) is 43.5 Å². The van der Waals surface area contributed by atoms with E-state index in [0.29, 0.717) is 5.56 Å². The Morgan fingerprint density at radius 3 is 2.57 bits per heavy atom. The third-order valence-corrected chi connectivity index (χ3v) is 3.92. The smallest absolute Gasteiger partial charge is 0.311 e. The molecule has 0 aromatic heterocycles. The minimum atomic E-state index is -0.985. The lowest BCUT2D eigenvalue weighted by atomic mass is 9.88. The summed E-state index contributed by atoms with van der Waals surface area (Å²) in [4.78, 5) is 11.6. The summed E-state index contributed by atoms with van der Waals surface area (Å²) in [5.41, 5.74) is 2.87. The second-order valence-electron chi connectivity index (χ2n) is 5.16. The van der Waals surface area contributed by atoms with Crippen molar-refractivity contribution in [2.45, 2.75) is 26.2 Å². The number of rotatable bonds is 4. The number of halogens is 2. The maximum atomic E-state index is 13.9. The van der Waals surface area contributed by atoms with Crippen LogP contribution in [0.3, 0.4) is 0 Å². The van der Waals surface area contributed by atoms with Crippen LogP contribution < -0.4 is 0 Å². The third-order valence-electron chi connectivity index (χ3n) is 3.57. The van der Waals surface area contributed by atoms with E-state index in [9.17, 15) is 14.3 Å². The van der Waals surface area contributed by atoms with Gasteiger partial charge in [-0.1, -0.05) is 41.4 Å². The Balaban J connectivity index is 2.43. The summed E-state index contributed by atoms with van der Waals surface area (Å²) in [5.74, 6) is -2.28. The molecule has 0 aliphatic rings. The van der Waals surface area contributed by atoms with Crippen molar-refractivity contribution in [3.05, 3.63) is 69.5 Å². The fourth-order valence-electron chi connectivity index (χ4n) is 2.48. The summed E-state index contributed by atoms with van der Waals surface area (Å²) in [5, 5.41) is 9.75. The average Bonchev–Trinajstić information content (AvgIpc) is 2.39. The second-order valence-corrected chi connectivity index (χ2v) is 5.56. The van der Waals surface area contributed by atoms with Crippen LogP contribution in [0, 0.1) is 19.7 Å². The fourth-order valence-corrected chi connectivity index (χ4v) is 2.72. The van der Waals surface area contributed by atoms with Crippen molar-refractivity contribution >= 4 is 17.6 Å². The summed E-state index contributed by atoms with van der Waals surface area (Å²) < 4.78 is 13.9. The SMILES string of the molecule is Cc1ccc(C(Cc2c(F)cccc2Cl)C(=O)O)c(C)c1. The molecule has 0 aliphatic carbocycles. The predicted molar refractivity (Wildman–Crippen MR) is 81.4 cm³/mol. The molecule has 0 spiro atoms. The lowest BCUT2D eigenvalue weighted by Gasteiger charge is -2.17. The van der Waals surface area contributed by atoms with E-state index in [1.165, 1.54) is 12.1 Å². The Morgan fingerprint density at radius 1 is 1.29 bits per heavy atom. The molecule has 2 aromatic rings. The number of hydrogen-bond donors (Lipinski definition) is 1. The molecule has 2 rings (SSSR count). The zero-order valence-electron chi connectivity index (χ0n) is 11.9. The Labute approximate surface area is 128 Å². The Morgan fingerprint density at radius 2 is 2.00 bits per heavy atom. The molecule has 0 bridgehead atoms. The number of hydrogen-bond acceptors (Lipinski definition) is 1. The van der Waals surface area contributed by atoms with Crippen LogP contribution in [0.15, 0.2) is 36.4 Å². The van der Waals surface area contributed by atoms with Gasteiger partial charge in [-0.15, -0.1) is 0 Å². The van der Waals surface area contributed by atoms with Gasteiger partial charge in [0.1, 0.15) is 5.82 Å². The van der Waals surface area contributed by atoms with Gasteiger partial charge in [-0.3, -0.25) is 4.79 Å². The minimum Gasteiger partial charge on any atom is -0.481 e. The zero-order chi connectivity index (χ0) is 15.6. The number of carbonyl (C=O) groups is 1. The predicted octanol–water partition coefficient (Wildman–Crippen LogP) is 4.51. The van der Waals surface area contributed by atoms with Crippen molar-refractivity contribution in [3.63, 3.8) is 0 Å². The van der Waals surface area contributed by atoms with Crippen LogP contribution in [0.1, 0.15) is 28.2 Å². The molecular formula is C17H16ClFO2. The van der Waals surface area contributed by atoms with Crippen molar-refractivity contribution in [2.24, 2.45) is 0 Å². The fraction of sp³-hybridized carbons (Fsp3) is 0.235. The first-order valence-electron chi connectivity index (χ1n) is 6.63. The molecule has 1 N–H and O–H groups in total. The maximum Gasteiger partial charge on any atom is 0.311 e. The van der Waals surface area contributed by atoms with Gasteiger partial charge < -0.3 is 5.11 Å². The zero-order valence-corrected chi connectivity index (χ0v) is 12.6. The highest BCUT2D eigenvalue weighted by Crippen LogP contribution is 2.29. The van der Waals surface area contributed by atoms with Crippen molar-refractivity contribution < 1.29 is 14.3 Å². The number of aryl methyl sites for hydroxylation is 2. The van der Waals surface area contributed by atoms with Crippen molar-refractivity contribution in [3.8, 4) is 0 Å². The van der Waals surface area contributed by atoms with Gasteiger partial charge in [0.05, 0.1) is 5.92 Å². The van der Waals surface area contributed by atoms with Crippen LogP contribution in [0.5, 0.6) is 0 Å². The van der Waals surface area contributed by atoms with Crippen LogP contribution in [-0.4, -0.2) is 11.1 Å². The first kappa shape index (κ1) is 15.5. The summed E-state index contributed by atoms with van der Waals surface area (Å²) in [6.07, 6.45) is 0.0325. The van der Waals surface area contributed by atoms with Crippen molar-refractivity contribution in [1.82, 2.24) is 0 Å². The van der Waals surface area contributed by atoms with E-state index in [4.69, 9.17) is 11.6 Å². The van der Waals surface area contributed by atoms with Gasteiger partial charge in [-0.2, -0.15) is 0 Å². The lowest BCUT2D eigenvalue weighted by Crippen LogP contribution is -2.16. The van der Waals surface area contributed by atoms with Gasteiger partial charge in [0.2, 0.25) is 0 Å². The molecule has 0 heterocycles. The highest BCUT2D eigenvalue weighted by molar-refractivity contribution is 6.31. The third kappa shape index (κ3) is 3.42. The van der Waals surface area contributed by atoms with Crippen LogP contribution in [-0.2, 0) is 11.2 Å². The van der Waals surface area contributed by atoms with Crippen LogP contribution in [0.2, 0.25) is 5.02 Å². The van der Waals surface area contributed by atoms with E-state index in [-0.39, 0.29) is 17.0 Å². The van der Waals surface area contributed by atoms with E-state index >= 15 is 0 Å². The van der Waals surface area contributed by atoms with Gasteiger partial charge in [0.25, 0.3) is 0 Å². The molecule has 2 nitrogen and oxygen atoms in total.